The van der Waals surface area contributed by atoms with Crippen molar-refractivity contribution in [2.75, 3.05) is 29.9 Å². The summed E-state index contributed by atoms with van der Waals surface area (Å²) in [5, 5.41) is 26.2. The Bertz CT molecular complexity index is 1140. The number of anilines is 2. The molecule has 4 rings (SSSR count). The summed E-state index contributed by atoms with van der Waals surface area (Å²) in [4.78, 5) is 2.08. The van der Waals surface area contributed by atoms with Crippen LogP contribution >= 0.6 is 0 Å². The molecule has 32 heavy (non-hydrogen) atoms. The quantitative estimate of drug-likeness (QED) is 0.620. The van der Waals surface area contributed by atoms with Gasteiger partial charge in [-0.2, -0.15) is 10.4 Å². The van der Waals surface area contributed by atoms with Crippen LogP contribution in [0.2, 0.25) is 0 Å². The van der Waals surface area contributed by atoms with Crippen LogP contribution in [0.1, 0.15) is 43.2 Å². The zero-order valence-corrected chi connectivity index (χ0v) is 19.5. The number of benzene rings is 2. The van der Waals surface area contributed by atoms with Gasteiger partial charge in [-0.3, -0.25) is 0 Å². The molecule has 0 spiro atoms. The molecule has 0 radical (unpaired) electrons. The Kier molecular flexibility index (Phi) is 7.60. The van der Waals surface area contributed by atoms with Crippen molar-refractivity contribution >= 4 is 22.3 Å². The van der Waals surface area contributed by atoms with Crippen molar-refractivity contribution in [3.05, 3.63) is 58.5 Å². The molecule has 6 nitrogen and oxygen atoms in total. The van der Waals surface area contributed by atoms with Gasteiger partial charge in [0.15, 0.2) is 5.82 Å². The molecule has 0 amide bonds. The topological polar surface area (TPSA) is 76.9 Å². The van der Waals surface area contributed by atoms with Crippen LogP contribution in [0.5, 0.6) is 0 Å². The predicted octanol–water partition coefficient (Wildman–Crippen LogP) is 4.69. The summed E-state index contributed by atoms with van der Waals surface area (Å²) in [6.07, 6.45) is 0. The van der Waals surface area contributed by atoms with Crippen molar-refractivity contribution in [2.24, 2.45) is 0 Å². The third kappa shape index (κ3) is 4.81. The zero-order valence-electron chi connectivity index (χ0n) is 19.5. The van der Waals surface area contributed by atoms with E-state index in [-0.39, 0.29) is 5.82 Å². The summed E-state index contributed by atoms with van der Waals surface area (Å²) in [6, 6.07) is 11.6. The van der Waals surface area contributed by atoms with Crippen LogP contribution in [0.4, 0.5) is 15.9 Å². The molecule has 2 heterocycles. The molecule has 0 aliphatic carbocycles. The van der Waals surface area contributed by atoms with Gasteiger partial charge in [-0.15, -0.1) is 5.10 Å². The van der Waals surface area contributed by atoms with E-state index in [0.29, 0.717) is 35.3 Å². The molecule has 1 aliphatic rings. The van der Waals surface area contributed by atoms with E-state index < -0.39 is 0 Å². The second-order valence-corrected chi connectivity index (χ2v) is 7.84. The molecular formula is C25H31FN6. The van der Waals surface area contributed by atoms with Gasteiger partial charge in [-0.1, -0.05) is 26.0 Å². The van der Waals surface area contributed by atoms with Crippen LogP contribution < -0.4 is 15.5 Å². The maximum Gasteiger partial charge on any atom is 0.156 e. The van der Waals surface area contributed by atoms with Gasteiger partial charge in [0.2, 0.25) is 0 Å². The molecule has 1 saturated heterocycles. The van der Waals surface area contributed by atoms with E-state index >= 15 is 0 Å². The number of aryl methyl sites for hydroxylation is 1. The normalized spacial score (nSPS) is 15.7. The van der Waals surface area contributed by atoms with E-state index in [1.165, 1.54) is 0 Å². The first-order valence-electron chi connectivity index (χ1n) is 11.1. The van der Waals surface area contributed by atoms with Crippen LogP contribution in [-0.2, 0) is 6.54 Å². The first kappa shape index (κ1) is 23.4. The SMILES string of the molecule is CC.Cc1c(C#N)cccc1CNc1nnc(C)c2cc(F)c(N3CCNC(C)C3)cc12. The first-order valence-corrected chi connectivity index (χ1v) is 11.1. The van der Waals surface area contributed by atoms with Gasteiger partial charge < -0.3 is 15.5 Å². The molecule has 1 aromatic heterocycles. The molecule has 168 valence electrons. The lowest BCUT2D eigenvalue weighted by Gasteiger charge is -2.34. The minimum absolute atomic E-state index is 0.240. The lowest BCUT2D eigenvalue weighted by atomic mass is 10.0. The third-order valence-corrected chi connectivity index (χ3v) is 5.75. The highest BCUT2D eigenvalue weighted by atomic mass is 19.1. The van der Waals surface area contributed by atoms with Gasteiger partial charge in [-0.25, -0.2) is 4.39 Å². The molecule has 1 fully saturated rings. The third-order valence-electron chi connectivity index (χ3n) is 5.75. The molecule has 2 aromatic carbocycles. The van der Waals surface area contributed by atoms with Gasteiger partial charge in [-0.05, 0) is 50.1 Å². The number of hydrogen-bond donors (Lipinski definition) is 2. The highest BCUT2D eigenvalue weighted by Gasteiger charge is 2.21. The van der Waals surface area contributed by atoms with Gasteiger partial charge >= 0.3 is 0 Å². The number of nitrogens with one attached hydrogen (secondary N) is 2. The number of nitrogens with zero attached hydrogens (tertiary/aromatic N) is 4. The van der Waals surface area contributed by atoms with Gasteiger partial charge in [0.1, 0.15) is 5.82 Å². The second kappa shape index (κ2) is 10.4. The minimum atomic E-state index is -0.240. The van der Waals surface area contributed by atoms with Crippen molar-refractivity contribution in [3.8, 4) is 6.07 Å². The molecule has 1 unspecified atom stereocenters. The Balaban J connectivity index is 0.00000141. The predicted molar refractivity (Wildman–Crippen MR) is 128 cm³/mol. The summed E-state index contributed by atoms with van der Waals surface area (Å²) in [5.74, 6) is 0.373. The van der Waals surface area contributed by atoms with E-state index in [0.717, 1.165) is 41.5 Å². The number of piperazine rings is 1. The highest BCUT2D eigenvalue weighted by molar-refractivity contribution is 5.95. The standard InChI is InChI=1S/C23H25FN6.C2H6/c1-14-13-30(8-7-26-14)22-10-20-19(9-21(22)24)16(3)28-29-23(20)27-12-18-6-4-5-17(11-25)15(18)2;1-2/h4-6,9-10,14,26H,7-8,12-13H2,1-3H3,(H,27,29);1-2H3. The summed E-state index contributed by atoms with van der Waals surface area (Å²) < 4.78 is 15.0. The first-order chi connectivity index (χ1) is 15.5. The number of rotatable bonds is 4. The average Bonchev–Trinajstić information content (AvgIpc) is 2.81. The number of halogens is 1. The van der Waals surface area contributed by atoms with Crippen LogP contribution in [0.25, 0.3) is 10.8 Å². The van der Waals surface area contributed by atoms with Crippen molar-refractivity contribution in [3.63, 3.8) is 0 Å². The van der Waals surface area contributed by atoms with Crippen molar-refractivity contribution in [2.45, 2.75) is 47.2 Å². The van der Waals surface area contributed by atoms with E-state index in [1.807, 2.05) is 52.0 Å². The van der Waals surface area contributed by atoms with Crippen molar-refractivity contribution in [1.82, 2.24) is 15.5 Å². The Labute approximate surface area is 189 Å². The number of nitriles is 1. The van der Waals surface area contributed by atoms with Crippen molar-refractivity contribution in [1.29, 1.82) is 5.26 Å². The maximum atomic E-state index is 15.0. The molecule has 1 aliphatic heterocycles. The Morgan fingerprint density at radius 2 is 2.00 bits per heavy atom. The van der Waals surface area contributed by atoms with Gasteiger partial charge in [0.05, 0.1) is 23.0 Å². The molecule has 0 bridgehead atoms. The summed E-state index contributed by atoms with van der Waals surface area (Å²) in [7, 11) is 0. The van der Waals surface area contributed by atoms with Crippen molar-refractivity contribution < 1.29 is 4.39 Å². The van der Waals surface area contributed by atoms with Gasteiger partial charge in [0, 0.05) is 43.0 Å². The van der Waals surface area contributed by atoms with E-state index in [9.17, 15) is 9.65 Å². The van der Waals surface area contributed by atoms with Crippen LogP contribution in [0.15, 0.2) is 30.3 Å². The maximum absolute atomic E-state index is 15.0. The fraction of sp³-hybridized carbons (Fsp3) is 0.400. The molecule has 7 heteroatoms. The lowest BCUT2D eigenvalue weighted by Crippen LogP contribution is -2.49. The van der Waals surface area contributed by atoms with Crippen LogP contribution in [0, 0.1) is 31.0 Å². The fourth-order valence-electron chi connectivity index (χ4n) is 3.99. The number of aromatic nitrogens is 2. The van der Waals surface area contributed by atoms with Crippen LogP contribution in [-0.4, -0.2) is 35.9 Å². The van der Waals surface area contributed by atoms with E-state index in [4.69, 9.17) is 0 Å². The number of fused-ring (bicyclic) bond motifs is 1. The summed E-state index contributed by atoms with van der Waals surface area (Å²) in [5.41, 5.74) is 3.90. The largest absolute Gasteiger partial charge is 0.366 e. The zero-order chi connectivity index (χ0) is 23.3. The number of hydrogen-bond acceptors (Lipinski definition) is 6. The smallest absolute Gasteiger partial charge is 0.156 e. The van der Waals surface area contributed by atoms with Gasteiger partial charge in [0.25, 0.3) is 0 Å². The van der Waals surface area contributed by atoms with E-state index in [1.54, 1.807) is 6.07 Å². The average molecular weight is 435 g/mol. The monoisotopic (exact) mass is 434 g/mol. The summed E-state index contributed by atoms with van der Waals surface area (Å²) in [6.45, 7) is 12.7. The second-order valence-electron chi connectivity index (χ2n) is 7.84. The molecule has 2 N–H and O–H groups in total. The molecule has 0 saturated carbocycles. The fourth-order valence-corrected chi connectivity index (χ4v) is 3.99. The molecular weight excluding hydrogens is 403 g/mol. The highest BCUT2D eigenvalue weighted by Crippen LogP contribution is 2.31. The summed E-state index contributed by atoms with van der Waals surface area (Å²) >= 11 is 0. The van der Waals surface area contributed by atoms with Crippen LogP contribution in [0.3, 0.4) is 0 Å². The Morgan fingerprint density at radius 3 is 2.72 bits per heavy atom. The Hall–Kier alpha value is -3.24. The van der Waals surface area contributed by atoms with E-state index in [2.05, 4.69) is 38.7 Å². The lowest BCUT2D eigenvalue weighted by molar-refractivity contribution is 0.479. The Morgan fingerprint density at radius 1 is 1.22 bits per heavy atom. The molecule has 1 atom stereocenters. The minimum Gasteiger partial charge on any atom is -0.366 e. The molecule has 3 aromatic rings.